The van der Waals surface area contributed by atoms with E-state index in [4.69, 9.17) is 0 Å². The topological polar surface area (TPSA) is 12.0 Å². The van der Waals surface area contributed by atoms with Gasteiger partial charge in [-0.25, -0.2) is 4.39 Å². The van der Waals surface area contributed by atoms with Gasteiger partial charge < -0.3 is 5.32 Å². The van der Waals surface area contributed by atoms with Crippen LogP contribution in [0.15, 0.2) is 24.3 Å². The van der Waals surface area contributed by atoms with Crippen molar-refractivity contribution in [2.45, 2.75) is 18.9 Å². The first-order chi connectivity index (χ1) is 7.33. The molecule has 3 heteroatoms. The first kappa shape index (κ1) is 9.31. The Kier molecular flexibility index (Phi) is 2.22. The summed E-state index contributed by atoms with van der Waals surface area (Å²) in [7, 11) is 0. The Hall–Kier alpha value is -0.930. The fourth-order valence-electron chi connectivity index (χ4n) is 2.13. The van der Waals surface area contributed by atoms with Crippen molar-refractivity contribution in [3.63, 3.8) is 0 Å². The first-order valence-corrected chi connectivity index (χ1v) is 6.07. The molecule has 1 aliphatic rings. The summed E-state index contributed by atoms with van der Waals surface area (Å²) in [4.78, 5) is 1.34. The molecule has 1 unspecified atom stereocenters. The summed E-state index contributed by atoms with van der Waals surface area (Å²) in [6.45, 7) is 1.10. The lowest BCUT2D eigenvalue weighted by Crippen LogP contribution is -2.11. The van der Waals surface area contributed by atoms with E-state index in [1.807, 2.05) is 6.07 Å². The molecule has 1 N–H and O–H groups in total. The molecule has 2 aromatic rings. The normalized spacial score (nSPS) is 21.3. The minimum Gasteiger partial charge on any atom is -0.309 e. The van der Waals surface area contributed by atoms with Gasteiger partial charge in [-0.3, -0.25) is 0 Å². The quantitative estimate of drug-likeness (QED) is 0.777. The van der Waals surface area contributed by atoms with E-state index in [0.717, 1.165) is 11.9 Å². The molecule has 1 fully saturated rings. The second-order valence-electron chi connectivity index (χ2n) is 3.98. The van der Waals surface area contributed by atoms with Crippen LogP contribution in [-0.4, -0.2) is 6.54 Å². The third-order valence-corrected chi connectivity index (χ3v) is 4.13. The van der Waals surface area contributed by atoms with Crippen LogP contribution in [0.3, 0.4) is 0 Å². The van der Waals surface area contributed by atoms with Crippen LogP contribution in [-0.2, 0) is 0 Å². The number of nitrogens with one attached hydrogen (secondary N) is 1. The molecule has 1 saturated heterocycles. The second kappa shape index (κ2) is 3.58. The second-order valence-corrected chi connectivity index (χ2v) is 5.10. The molecule has 3 rings (SSSR count). The Morgan fingerprint density at radius 2 is 2.27 bits per heavy atom. The van der Waals surface area contributed by atoms with E-state index < -0.39 is 0 Å². The van der Waals surface area contributed by atoms with Gasteiger partial charge in [-0.1, -0.05) is 0 Å². The third kappa shape index (κ3) is 1.66. The molecule has 78 valence electrons. The molecule has 1 atom stereocenters. The van der Waals surface area contributed by atoms with Gasteiger partial charge in [0.1, 0.15) is 5.82 Å². The van der Waals surface area contributed by atoms with E-state index in [9.17, 15) is 4.39 Å². The van der Waals surface area contributed by atoms with Gasteiger partial charge in [-0.15, -0.1) is 11.3 Å². The number of halogens is 1. The lowest BCUT2D eigenvalue weighted by molar-refractivity contribution is 0.630. The first-order valence-electron chi connectivity index (χ1n) is 5.25. The summed E-state index contributed by atoms with van der Waals surface area (Å²) >= 11 is 1.77. The summed E-state index contributed by atoms with van der Waals surface area (Å²) in [5.41, 5.74) is 0. The predicted octanol–water partition coefficient (Wildman–Crippen LogP) is 3.46. The molecule has 0 aliphatic carbocycles. The number of rotatable bonds is 1. The molecule has 2 heterocycles. The molecule has 0 spiro atoms. The van der Waals surface area contributed by atoms with E-state index in [-0.39, 0.29) is 5.82 Å². The standard InChI is InChI=1S/C12H12FNS/c13-9-3-4-11-8(6-9)7-12(15-11)10-2-1-5-14-10/h3-4,6-7,10,14H,1-2,5H2. The predicted molar refractivity (Wildman–Crippen MR) is 61.8 cm³/mol. The van der Waals surface area contributed by atoms with Gasteiger partial charge in [0.15, 0.2) is 0 Å². The van der Waals surface area contributed by atoms with E-state index in [1.54, 1.807) is 17.4 Å². The van der Waals surface area contributed by atoms with Gasteiger partial charge >= 0.3 is 0 Å². The summed E-state index contributed by atoms with van der Waals surface area (Å²) in [6.07, 6.45) is 2.45. The Morgan fingerprint density at radius 3 is 3.07 bits per heavy atom. The van der Waals surface area contributed by atoms with Crippen molar-refractivity contribution in [3.05, 3.63) is 35.0 Å². The molecular formula is C12H12FNS. The van der Waals surface area contributed by atoms with Gasteiger partial charge in [0, 0.05) is 15.6 Å². The Bertz CT molecular complexity index is 485. The van der Waals surface area contributed by atoms with Crippen LogP contribution < -0.4 is 5.32 Å². The van der Waals surface area contributed by atoms with Crippen LogP contribution in [0.2, 0.25) is 0 Å². The number of benzene rings is 1. The van der Waals surface area contributed by atoms with Crippen LogP contribution in [0.5, 0.6) is 0 Å². The summed E-state index contributed by atoms with van der Waals surface area (Å²) < 4.78 is 14.2. The SMILES string of the molecule is Fc1ccc2sc(C3CCCN3)cc2c1. The Morgan fingerprint density at radius 1 is 1.33 bits per heavy atom. The van der Waals surface area contributed by atoms with E-state index >= 15 is 0 Å². The number of hydrogen-bond acceptors (Lipinski definition) is 2. The largest absolute Gasteiger partial charge is 0.309 e. The average molecular weight is 221 g/mol. The van der Waals surface area contributed by atoms with Crippen LogP contribution in [0.1, 0.15) is 23.8 Å². The summed E-state index contributed by atoms with van der Waals surface area (Å²) in [5.74, 6) is -0.147. The fourth-order valence-corrected chi connectivity index (χ4v) is 3.29. The smallest absolute Gasteiger partial charge is 0.123 e. The van der Waals surface area contributed by atoms with Crippen molar-refractivity contribution < 1.29 is 4.39 Å². The number of hydrogen-bond donors (Lipinski definition) is 1. The lowest BCUT2D eigenvalue weighted by Gasteiger charge is -2.05. The van der Waals surface area contributed by atoms with Gasteiger partial charge in [0.05, 0.1) is 0 Å². The molecule has 1 aromatic carbocycles. The molecular weight excluding hydrogens is 209 g/mol. The lowest BCUT2D eigenvalue weighted by atomic mass is 10.1. The van der Waals surface area contributed by atoms with Crippen molar-refractivity contribution in [1.82, 2.24) is 5.32 Å². The summed E-state index contributed by atoms with van der Waals surface area (Å²) in [6, 6.07) is 7.62. The average Bonchev–Trinajstić information content (AvgIpc) is 2.84. The molecule has 1 aliphatic heterocycles. The van der Waals surface area contributed by atoms with Crippen LogP contribution in [0.25, 0.3) is 10.1 Å². The van der Waals surface area contributed by atoms with Gasteiger partial charge in [0.2, 0.25) is 0 Å². The van der Waals surface area contributed by atoms with Crippen molar-refractivity contribution in [2.75, 3.05) is 6.54 Å². The highest BCUT2D eigenvalue weighted by atomic mass is 32.1. The van der Waals surface area contributed by atoms with Crippen LogP contribution >= 0.6 is 11.3 Å². The molecule has 0 bridgehead atoms. The maximum absolute atomic E-state index is 13.0. The minimum absolute atomic E-state index is 0.147. The maximum Gasteiger partial charge on any atom is 0.123 e. The molecule has 0 saturated carbocycles. The van der Waals surface area contributed by atoms with Crippen molar-refractivity contribution in [3.8, 4) is 0 Å². The highest BCUT2D eigenvalue weighted by molar-refractivity contribution is 7.19. The highest BCUT2D eigenvalue weighted by Crippen LogP contribution is 2.33. The molecule has 0 amide bonds. The maximum atomic E-state index is 13.0. The molecule has 1 aromatic heterocycles. The highest BCUT2D eigenvalue weighted by Gasteiger charge is 2.18. The summed E-state index contributed by atoms with van der Waals surface area (Å²) in [5, 5.41) is 4.50. The van der Waals surface area contributed by atoms with Gasteiger partial charge in [-0.05, 0) is 49.0 Å². The fraction of sp³-hybridized carbons (Fsp3) is 0.333. The van der Waals surface area contributed by atoms with E-state index in [0.29, 0.717) is 6.04 Å². The number of fused-ring (bicyclic) bond motifs is 1. The zero-order chi connectivity index (χ0) is 10.3. The molecule has 15 heavy (non-hydrogen) atoms. The van der Waals surface area contributed by atoms with Crippen molar-refractivity contribution >= 4 is 21.4 Å². The molecule has 0 radical (unpaired) electrons. The zero-order valence-electron chi connectivity index (χ0n) is 8.29. The molecule has 1 nitrogen and oxygen atoms in total. The van der Waals surface area contributed by atoms with E-state index in [2.05, 4.69) is 11.4 Å². The van der Waals surface area contributed by atoms with E-state index in [1.165, 1.54) is 28.5 Å². The Labute approximate surface area is 91.9 Å². The number of thiophene rings is 1. The van der Waals surface area contributed by atoms with Gasteiger partial charge in [-0.2, -0.15) is 0 Å². The van der Waals surface area contributed by atoms with Crippen molar-refractivity contribution in [2.24, 2.45) is 0 Å². The van der Waals surface area contributed by atoms with Crippen molar-refractivity contribution in [1.29, 1.82) is 0 Å². The third-order valence-electron chi connectivity index (χ3n) is 2.90. The minimum atomic E-state index is -0.147. The Balaban J connectivity index is 2.05. The van der Waals surface area contributed by atoms with Crippen LogP contribution in [0.4, 0.5) is 4.39 Å². The van der Waals surface area contributed by atoms with Crippen LogP contribution in [0, 0.1) is 5.82 Å². The van der Waals surface area contributed by atoms with Gasteiger partial charge in [0.25, 0.3) is 0 Å². The zero-order valence-corrected chi connectivity index (χ0v) is 9.11. The monoisotopic (exact) mass is 221 g/mol.